The number of aromatic nitrogens is 9. The Morgan fingerprint density at radius 1 is 1.24 bits per heavy atom. The quantitative estimate of drug-likeness (QED) is 0.308. The molecule has 6 rings (SSSR count). The molecule has 0 saturated heterocycles. The Kier molecular flexibility index (Phi) is 5.33. The van der Waals surface area contributed by atoms with Crippen LogP contribution in [0.2, 0.25) is 0 Å². The summed E-state index contributed by atoms with van der Waals surface area (Å²) >= 11 is 3.33. The molecule has 37 heavy (non-hydrogen) atoms. The smallest absolute Gasteiger partial charge is 0.316 e. The fraction of sp³-hybridized carbons (Fsp3) is 0.217. The number of hydrogen-bond donors (Lipinski definition) is 1. The summed E-state index contributed by atoms with van der Waals surface area (Å²) in [5, 5.41) is 13.1. The van der Waals surface area contributed by atoms with Crippen molar-refractivity contribution >= 4 is 49.7 Å². The second-order valence-electron chi connectivity index (χ2n) is 8.63. The summed E-state index contributed by atoms with van der Waals surface area (Å²) in [6.07, 6.45) is 9.15. The first kappa shape index (κ1) is 23.0. The summed E-state index contributed by atoms with van der Waals surface area (Å²) in [6, 6.07) is 1.54. The summed E-state index contributed by atoms with van der Waals surface area (Å²) < 4.78 is 4.78. The lowest BCUT2D eigenvalue weighted by molar-refractivity contribution is 0.0992. The molecular formula is C23H19BrN10O3. The number of carbonyl (C=O) groups is 1. The van der Waals surface area contributed by atoms with Crippen molar-refractivity contribution in [3.63, 3.8) is 0 Å². The predicted octanol–water partition coefficient (Wildman–Crippen LogP) is 1.97. The molecule has 14 heteroatoms. The Bertz CT molecular complexity index is 1850. The van der Waals surface area contributed by atoms with Gasteiger partial charge in [-0.15, -0.1) is 11.7 Å². The second-order valence-corrected chi connectivity index (χ2v) is 9.54. The Labute approximate surface area is 216 Å². The number of H-pyrrole nitrogens is 1. The highest BCUT2D eigenvalue weighted by Crippen LogP contribution is 2.32. The van der Waals surface area contributed by atoms with E-state index in [9.17, 15) is 14.4 Å². The zero-order valence-electron chi connectivity index (χ0n) is 19.5. The van der Waals surface area contributed by atoms with Crippen molar-refractivity contribution in [2.75, 3.05) is 11.9 Å². The Morgan fingerprint density at radius 2 is 2.03 bits per heavy atom. The van der Waals surface area contributed by atoms with E-state index in [1.165, 1.54) is 37.3 Å². The molecule has 1 fully saturated rings. The molecule has 0 aromatic carbocycles. The number of pyridine rings is 1. The monoisotopic (exact) mass is 562 g/mol. The van der Waals surface area contributed by atoms with Crippen molar-refractivity contribution in [1.82, 2.24) is 44.1 Å². The maximum absolute atomic E-state index is 13.2. The van der Waals surface area contributed by atoms with E-state index in [2.05, 4.69) is 52.8 Å². The van der Waals surface area contributed by atoms with Crippen LogP contribution in [0.1, 0.15) is 29.2 Å². The number of imidazole rings is 1. The van der Waals surface area contributed by atoms with Gasteiger partial charge in [0, 0.05) is 36.5 Å². The van der Waals surface area contributed by atoms with E-state index in [4.69, 9.17) is 0 Å². The first-order chi connectivity index (χ1) is 17.9. The summed E-state index contributed by atoms with van der Waals surface area (Å²) in [4.78, 5) is 52.5. The third-order valence-corrected chi connectivity index (χ3v) is 6.60. The molecule has 0 atom stereocenters. The molecule has 0 bridgehead atoms. The first-order valence-electron chi connectivity index (χ1n) is 11.3. The number of rotatable bonds is 6. The molecule has 5 aromatic heterocycles. The van der Waals surface area contributed by atoms with Gasteiger partial charge in [-0.05, 0) is 34.8 Å². The number of allylic oxidation sites excluding steroid dienone is 1. The van der Waals surface area contributed by atoms with E-state index in [0.29, 0.717) is 26.8 Å². The number of carbonyl (C=O) groups excluding carboxylic acids is 1. The number of fused-ring (bicyclic) bond motifs is 2. The topological polar surface area (TPSA) is 149 Å². The van der Waals surface area contributed by atoms with Crippen molar-refractivity contribution in [1.29, 1.82) is 0 Å². The van der Waals surface area contributed by atoms with Gasteiger partial charge in [-0.2, -0.15) is 19.9 Å². The third-order valence-electron chi connectivity index (χ3n) is 6.17. The van der Waals surface area contributed by atoms with Gasteiger partial charge in [-0.1, -0.05) is 6.08 Å². The maximum atomic E-state index is 13.2. The van der Waals surface area contributed by atoms with Gasteiger partial charge in [0.25, 0.3) is 11.5 Å². The largest absolute Gasteiger partial charge is 0.333 e. The van der Waals surface area contributed by atoms with Crippen LogP contribution in [0.15, 0.2) is 57.6 Å². The van der Waals surface area contributed by atoms with E-state index >= 15 is 0 Å². The Hall–Kier alpha value is -4.46. The van der Waals surface area contributed by atoms with Crippen LogP contribution in [0.25, 0.3) is 28.0 Å². The average Bonchev–Trinajstić information content (AvgIpc) is 3.50. The van der Waals surface area contributed by atoms with Gasteiger partial charge in [0.15, 0.2) is 17.0 Å². The van der Waals surface area contributed by atoms with Crippen molar-refractivity contribution in [2.24, 2.45) is 0 Å². The van der Waals surface area contributed by atoms with Crippen LogP contribution < -0.4 is 16.1 Å². The van der Waals surface area contributed by atoms with Gasteiger partial charge in [-0.3, -0.25) is 28.6 Å². The van der Waals surface area contributed by atoms with Gasteiger partial charge in [0.2, 0.25) is 5.95 Å². The SMILES string of the molecule is C=CCn1c(=O)n(C2CC2)c(=O)c2[nH]c(-n3nc(N(C)C(=O)c4cncc(Br)c4)c4cnncc43)nc21. The molecule has 0 spiro atoms. The lowest BCUT2D eigenvalue weighted by Gasteiger charge is -2.14. The zero-order chi connectivity index (χ0) is 25.8. The molecule has 13 nitrogen and oxygen atoms in total. The minimum Gasteiger partial charge on any atom is -0.316 e. The minimum absolute atomic E-state index is 0.119. The van der Waals surface area contributed by atoms with Gasteiger partial charge in [0.1, 0.15) is 5.52 Å². The summed E-state index contributed by atoms with van der Waals surface area (Å²) in [5.41, 5.74) is 0.366. The van der Waals surface area contributed by atoms with Crippen LogP contribution in [-0.4, -0.2) is 57.0 Å². The molecule has 1 N–H and O–H groups in total. The Balaban J connectivity index is 1.53. The van der Waals surface area contributed by atoms with Crippen molar-refractivity contribution in [2.45, 2.75) is 25.4 Å². The van der Waals surface area contributed by atoms with Crippen LogP contribution in [0.4, 0.5) is 5.82 Å². The van der Waals surface area contributed by atoms with E-state index in [-0.39, 0.29) is 35.6 Å². The van der Waals surface area contributed by atoms with Gasteiger partial charge >= 0.3 is 5.69 Å². The van der Waals surface area contributed by atoms with Crippen LogP contribution in [0, 0.1) is 0 Å². The van der Waals surface area contributed by atoms with E-state index in [1.807, 2.05) is 0 Å². The third kappa shape index (κ3) is 3.67. The minimum atomic E-state index is -0.438. The molecule has 1 aliphatic carbocycles. The molecule has 1 aliphatic rings. The molecular weight excluding hydrogens is 544 g/mol. The molecule has 0 aliphatic heterocycles. The Morgan fingerprint density at radius 3 is 2.76 bits per heavy atom. The molecule has 0 radical (unpaired) electrons. The second kappa shape index (κ2) is 8.58. The number of halogens is 1. The van der Waals surface area contributed by atoms with Crippen molar-refractivity contribution in [3.8, 4) is 5.95 Å². The number of aromatic amines is 1. The lowest BCUT2D eigenvalue weighted by Crippen LogP contribution is -2.39. The number of amides is 1. The highest BCUT2D eigenvalue weighted by Gasteiger charge is 2.30. The van der Waals surface area contributed by atoms with Crippen LogP contribution >= 0.6 is 15.9 Å². The highest BCUT2D eigenvalue weighted by molar-refractivity contribution is 9.10. The molecule has 186 valence electrons. The maximum Gasteiger partial charge on any atom is 0.333 e. The standard InChI is InChI=1S/C23H19BrN10O3/c1-3-6-32-19-17(21(36)33(23(32)37)14-4-5-14)28-22(29-19)34-16-11-27-26-10-15(16)18(30-34)31(2)20(35)12-7-13(24)9-25-8-12/h3,7-11,14H,1,4-6H2,2H3,(H,28,29). The van der Waals surface area contributed by atoms with Crippen molar-refractivity contribution < 1.29 is 4.79 Å². The van der Waals surface area contributed by atoms with Crippen LogP contribution in [0.3, 0.4) is 0 Å². The fourth-order valence-corrected chi connectivity index (χ4v) is 4.62. The van der Waals surface area contributed by atoms with E-state index < -0.39 is 11.2 Å². The number of nitrogens with one attached hydrogen (secondary N) is 1. The molecule has 1 saturated carbocycles. The van der Waals surface area contributed by atoms with Gasteiger partial charge in [0.05, 0.1) is 23.3 Å². The van der Waals surface area contributed by atoms with Crippen molar-refractivity contribution in [3.05, 3.63) is 74.4 Å². The molecule has 5 heterocycles. The highest BCUT2D eigenvalue weighted by atomic mass is 79.9. The number of hydrogen-bond acceptors (Lipinski definition) is 8. The van der Waals surface area contributed by atoms with Crippen LogP contribution in [0.5, 0.6) is 0 Å². The summed E-state index contributed by atoms with van der Waals surface area (Å²) in [7, 11) is 1.59. The average molecular weight is 563 g/mol. The molecule has 0 unspecified atom stereocenters. The normalized spacial score (nSPS) is 13.4. The lowest BCUT2D eigenvalue weighted by atomic mass is 10.2. The van der Waals surface area contributed by atoms with E-state index in [1.54, 1.807) is 25.4 Å². The number of nitrogens with zero attached hydrogens (tertiary/aromatic N) is 9. The molecule has 5 aromatic rings. The zero-order valence-corrected chi connectivity index (χ0v) is 21.1. The van der Waals surface area contributed by atoms with Crippen LogP contribution in [-0.2, 0) is 6.54 Å². The number of anilines is 1. The molecule has 1 amide bonds. The van der Waals surface area contributed by atoms with Gasteiger partial charge in [-0.25, -0.2) is 4.79 Å². The van der Waals surface area contributed by atoms with E-state index in [0.717, 1.165) is 12.8 Å². The predicted molar refractivity (Wildman–Crippen MR) is 138 cm³/mol. The summed E-state index contributed by atoms with van der Waals surface area (Å²) in [6.45, 7) is 3.91. The van der Waals surface area contributed by atoms with Gasteiger partial charge < -0.3 is 4.98 Å². The fourth-order valence-electron chi connectivity index (χ4n) is 4.26. The first-order valence-corrected chi connectivity index (χ1v) is 12.1. The summed E-state index contributed by atoms with van der Waals surface area (Å²) in [5.74, 6) is 0.148.